The molecule has 0 atom stereocenters. The molecule has 0 saturated heterocycles. The number of para-hydroxylation sites is 3. The van der Waals surface area contributed by atoms with Gasteiger partial charge in [-0.1, -0.05) is 121 Å². The molecule has 0 N–H and O–H groups in total. The van der Waals surface area contributed by atoms with Crippen molar-refractivity contribution in [2.75, 3.05) is 0 Å². The van der Waals surface area contributed by atoms with E-state index in [1.807, 2.05) is 0 Å². The first-order chi connectivity index (χ1) is 24.8. The van der Waals surface area contributed by atoms with Crippen molar-refractivity contribution in [3.63, 3.8) is 0 Å². The minimum Gasteiger partial charge on any atom is -0.309 e. The highest BCUT2D eigenvalue weighted by atomic mass is 15.1. The Morgan fingerprint density at radius 3 is 1.52 bits per heavy atom. The van der Waals surface area contributed by atoms with E-state index >= 15 is 0 Å². The van der Waals surface area contributed by atoms with Crippen LogP contribution in [0.4, 0.5) is 0 Å². The zero-order valence-electron chi connectivity index (χ0n) is 27.1. The molecule has 0 bridgehead atoms. The third-order valence-electron chi connectivity index (χ3n) is 9.74. The zero-order valence-corrected chi connectivity index (χ0v) is 27.1. The van der Waals surface area contributed by atoms with Crippen LogP contribution in [0.5, 0.6) is 0 Å². The Morgan fingerprint density at radius 2 is 0.860 bits per heavy atom. The molecule has 50 heavy (non-hydrogen) atoms. The normalized spacial score (nSPS) is 11.6. The maximum atomic E-state index is 5.38. The topological polar surface area (TPSA) is 35.6 Å². The van der Waals surface area contributed by atoms with E-state index < -0.39 is 0 Å². The predicted molar refractivity (Wildman–Crippen MR) is 207 cm³/mol. The first kappa shape index (κ1) is 28.3. The van der Waals surface area contributed by atoms with Gasteiger partial charge < -0.3 is 4.57 Å². The largest absolute Gasteiger partial charge is 0.309 e. The number of aromatic nitrogens is 4. The van der Waals surface area contributed by atoms with Gasteiger partial charge in [0.2, 0.25) is 0 Å². The van der Waals surface area contributed by atoms with Crippen LogP contribution in [0.3, 0.4) is 0 Å². The van der Waals surface area contributed by atoms with Crippen molar-refractivity contribution in [3.05, 3.63) is 182 Å². The summed E-state index contributed by atoms with van der Waals surface area (Å²) in [6.07, 6.45) is 0. The van der Waals surface area contributed by atoms with E-state index in [2.05, 4.69) is 191 Å². The Bertz CT molecular complexity index is 2780. The smallest absolute Gasteiger partial charge is 0.162 e. The van der Waals surface area contributed by atoms with Crippen LogP contribution in [0.25, 0.3) is 88.9 Å². The van der Waals surface area contributed by atoms with Crippen LogP contribution in [-0.4, -0.2) is 19.1 Å². The van der Waals surface area contributed by atoms with Gasteiger partial charge in [0, 0.05) is 38.7 Å². The van der Waals surface area contributed by atoms with Crippen molar-refractivity contribution >= 4 is 43.7 Å². The number of hydrogen-bond acceptors (Lipinski definition) is 2. The van der Waals surface area contributed by atoms with E-state index in [-0.39, 0.29) is 0 Å². The Kier molecular flexibility index (Phi) is 6.46. The third kappa shape index (κ3) is 4.46. The Balaban J connectivity index is 1.22. The van der Waals surface area contributed by atoms with Gasteiger partial charge in [-0.2, -0.15) is 0 Å². The molecule has 0 unspecified atom stereocenters. The third-order valence-corrected chi connectivity index (χ3v) is 9.74. The highest BCUT2D eigenvalue weighted by Gasteiger charge is 2.22. The fraction of sp³-hybridized carbons (Fsp3) is 0. The molecule has 7 aromatic carbocycles. The van der Waals surface area contributed by atoms with Gasteiger partial charge in [-0.15, -0.1) is 0 Å². The second-order valence-corrected chi connectivity index (χ2v) is 12.6. The summed E-state index contributed by atoms with van der Waals surface area (Å²) in [5.74, 6) is 0.688. The van der Waals surface area contributed by atoms with Crippen molar-refractivity contribution in [2.45, 2.75) is 0 Å². The number of hydrogen-bond donors (Lipinski definition) is 0. The average molecular weight is 639 g/mol. The molecule has 0 radical (unpaired) electrons. The van der Waals surface area contributed by atoms with Crippen LogP contribution in [0.1, 0.15) is 0 Å². The van der Waals surface area contributed by atoms with Gasteiger partial charge in [-0.3, -0.25) is 4.57 Å². The molecule has 10 aromatic rings. The summed E-state index contributed by atoms with van der Waals surface area (Å²) in [6.45, 7) is 0. The molecular weight excluding hydrogens is 609 g/mol. The molecule has 4 heteroatoms. The maximum Gasteiger partial charge on any atom is 0.162 e. The Morgan fingerprint density at radius 1 is 0.340 bits per heavy atom. The number of nitrogens with zero attached hydrogens (tertiary/aromatic N) is 4. The van der Waals surface area contributed by atoms with Crippen molar-refractivity contribution in [1.82, 2.24) is 19.1 Å². The van der Waals surface area contributed by atoms with Crippen LogP contribution in [0, 0.1) is 0 Å². The predicted octanol–water partition coefficient (Wildman–Crippen LogP) is 11.7. The fourth-order valence-corrected chi connectivity index (χ4v) is 7.45. The van der Waals surface area contributed by atoms with E-state index in [1.54, 1.807) is 0 Å². The zero-order chi connectivity index (χ0) is 33.0. The van der Waals surface area contributed by atoms with E-state index in [0.29, 0.717) is 5.82 Å². The number of fused-ring (bicyclic) bond motifs is 6. The van der Waals surface area contributed by atoms with Gasteiger partial charge in [-0.05, 0) is 71.8 Å². The summed E-state index contributed by atoms with van der Waals surface area (Å²) in [7, 11) is 0. The van der Waals surface area contributed by atoms with Gasteiger partial charge in [0.25, 0.3) is 0 Å². The molecule has 3 heterocycles. The van der Waals surface area contributed by atoms with E-state index in [1.165, 1.54) is 27.4 Å². The molecule has 3 aromatic heterocycles. The molecule has 0 spiro atoms. The lowest BCUT2D eigenvalue weighted by atomic mass is 10.0. The second kappa shape index (κ2) is 11.4. The van der Waals surface area contributed by atoms with Gasteiger partial charge in [0.05, 0.1) is 27.6 Å². The van der Waals surface area contributed by atoms with Crippen LogP contribution in [-0.2, 0) is 0 Å². The molecule has 10 rings (SSSR count). The van der Waals surface area contributed by atoms with Crippen LogP contribution >= 0.6 is 0 Å². The number of rotatable bonds is 5. The molecule has 0 fully saturated rings. The molecule has 4 nitrogen and oxygen atoms in total. The molecule has 0 aliphatic heterocycles. The lowest BCUT2D eigenvalue weighted by molar-refractivity contribution is 1.11. The maximum absolute atomic E-state index is 5.38. The summed E-state index contributed by atoms with van der Waals surface area (Å²) in [5.41, 5.74) is 11.8. The van der Waals surface area contributed by atoms with Crippen LogP contribution < -0.4 is 0 Å². The lowest BCUT2D eigenvalue weighted by Gasteiger charge is -2.11. The Hall–Kier alpha value is -6.78. The summed E-state index contributed by atoms with van der Waals surface area (Å²) in [5, 5.41) is 4.66. The highest BCUT2D eigenvalue weighted by Crippen LogP contribution is 2.40. The molecule has 0 amide bonds. The molecule has 0 aliphatic carbocycles. The average Bonchev–Trinajstić information content (AvgIpc) is 3.71. The van der Waals surface area contributed by atoms with Crippen LogP contribution in [0.15, 0.2) is 182 Å². The first-order valence-corrected chi connectivity index (χ1v) is 16.9. The SMILES string of the molecule is c1ccc(-c2ccc3c(c2)c2c(-c4ccccc4)nc(-c4ccc(-n5c6ccccc6c6ccccc65)cc4)nc2n3-c2ccccc2)cc1. The minimum absolute atomic E-state index is 0.688. The fourth-order valence-electron chi connectivity index (χ4n) is 7.45. The van der Waals surface area contributed by atoms with E-state index in [9.17, 15) is 0 Å². The van der Waals surface area contributed by atoms with Gasteiger partial charge in [-0.25, -0.2) is 9.97 Å². The molecule has 0 aliphatic rings. The van der Waals surface area contributed by atoms with Crippen molar-refractivity contribution in [1.29, 1.82) is 0 Å². The van der Waals surface area contributed by atoms with Gasteiger partial charge in [0.15, 0.2) is 5.82 Å². The van der Waals surface area contributed by atoms with Crippen molar-refractivity contribution in [3.8, 4) is 45.1 Å². The second-order valence-electron chi connectivity index (χ2n) is 12.6. The number of benzene rings is 7. The molecule has 234 valence electrons. The summed E-state index contributed by atoms with van der Waals surface area (Å²) in [4.78, 5) is 10.7. The summed E-state index contributed by atoms with van der Waals surface area (Å²) >= 11 is 0. The van der Waals surface area contributed by atoms with Crippen LogP contribution in [0.2, 0.25) is 0 Å². The summed E-state index contributed by atoms with van der Waals surface area (Å²) in [6, 6.07) is 64.2. The van der Waals surface area contributed by atoms with E-state index in [0.717, 1.165) is 55.7 Å². The highest BCUT2D eigenvalue weighted by molar-refractivity contribution is 6.15. The van der Waals surface area contributed by atoms with Gasteiger partial charge >= 0.3 is 0 Å². The van der Waals surface area contributed by atoms with E-state index in [4.69, 9.17) is 9.97 Å². The first-order valence-electron chi connectivity index (χ1n) is 16.9. The lowest BCUT2D eigenvalue weighted by Crippen LogP contribution is -2.00. The monoisotopic (exact) mass is 638 g/mol. The molecular formula is C46H30N4. The van der Waals surface area contributed by atoms with Crippen molar-refractivity contribution < 1.29 is 0 Å². The summed E-state index contributed by atoms with van der Waals surface area (Å²) < 4.78 is 4.62. The molecule has 0 saturated carbocycles. The Labute approximate surface area is 289 Å². The quantitative estimate of drug-likeness (QED) is 0.188. The standard InChI is InChI=1S/C46H30N4/c1-4-14-31(15-5-1)34-26-29-42-39(30-34)43-44(32-16-6-2-7-17-32)47-45(48-46(43)50(42)35-18-8-3-9-19-35)33-24-27-36(28-25-33)49-40-22-12-10-20-37(40)38-21-11-13-23-41(38)49/h1-30H. The van der Waals surface area contributed by atoms with Crippen molar-refractivity contribution in [2.24, 2.45) is 0 Å². The van der Waals surface area contributed by atoms with Gasteiger partial charge in [0.1, 0.15) is 5.65 Å². The minimum atomic E-state index is 0.688.